The molecule has 0 bridgehead atoms. The highest BCUT2D eigenvalue weighted by atomic mass is 35.5. The monoisotopic (exact) mass is 450 g/mol. The zero-order valence-electron chi connectivity index (χ0n) is 17.3. The van der Waals surface area contributed by atoms with Crippen molar-refractivity contribution in [2.45, 2.75) is 6.04 Å². The second-order valence-corrected chi connectivity index (χ2v) is 7.38. The average Bonchev–Trinajstić information content (AvgIpc) is 3.09. The Hall–Kier alpha value is -3.84. The lowest BCUT2D eigenvalue weighted by Gasteiger charge is -2.26. The molecule has 1 fully saturated rings. The number of carbonyl (C=O) groups excluding carboxylic acids is 2. The first-order valence-electron chi connectivity index (χ1n) is 9.65. The molecule has 1 unspecified atom stereocenters. The maximum atomic E-state index is 13.2. The molecule has 1 N–H and O–H groups in total. The van der Waals surface area contributed by atoms with E-state index in [1.165, 1.54) is 25.2 Å². The molecule has 0 aliphatic carbocycles. The maximum absolute atomic E-state index is 13.2. The highest BCUT2D eigenvalue weighted by Gasteiger charge is 2.47. The number of ketones is 1. The zero-order chi connectivity index (χ0) is 22.8. The molecule has 1 amide bonds. The summed E-state index contributed by atoms with van der Waals surface area (Å²) in [4.78, 5) is 31.7. The number of halogens is 1. The van der Waals surface area contributed by atoms with Crippen molar-refractivity contribution in [1.82, 2.24) is 4.98 Å². The summed E-state index contributed by atoms with van der Waals surface area (Å²) >= 11 is 6.22. The van der Waals surface area contributed by atoms with E-state index in [1.54, 1.807) is 60.9 Å². The third-order valence-corrected chi connectivity index (χ3v) is 5.53. The minimum Gasteiger partial charge on any atom is -0.507 e. The Bertz CT molecular complexity index is 1230. The molecule has 4 rings (SSSR count). The number of rotatable bonds is 5. The number of hydrogen-bond donors (Lipinski definition) is 1. The SMILES string of the molecule is COc1ccc(/C(O)=C2/C(=O)C(=O)N(c3ccccc3OC)C2c2ccncc2)cc1Cl. The first-order chi connectivity index (χ1) is 15.5. The number of aromatic nitrogens is 1. The quantitative estimate of drug-likeness (QED) is 0.352. The van der Waals surface area contributed by atoms with Crippen LogP contribution >= 0.6 is 11.6 Å². The molecule has 1 saturated heterocycles. The van der Waals surface area contributed by atoms with E-state index in [1.807, 2.05) is 0 Å². The van der Waals surface area contributed by atoms with Gasteiger partial charge in [0, 0.05) is 18.0 Å². The van der Waals surface area contributed by atoms with Gasteiger partial charge in [0.1, 0.15) is 17.3 Å². The van der Waals surface area contributed by atoms with E-state index in [-0.39, 0.29) is 21.9 Å². The van der Waals surface area contributed by atoms with Gasteiger partial charge in [-0.3, -0.25) is 19.5 Å². The van der Waals surface area contributed by atoms with Crippen LogP contribution in [0.15, 0.2) is 72.6 Å². The van der Waals surface area contributed by atoms with Gasteiger partial charge in [0.25, 0.3) is 11.7 Å². The fourth-order valence-corrected chi connectivity index (χ4v) is 4.00. The summed E-state index contributed by atoms with van der Waals surface area (Å²) in [6, 6.07) is 14.0. The third-order valence-electron chi connectivity index (χ3n) is 5.24. The van der Waals surface area contributed by atoms with Crippen molar-refractivity contribution in [3.05, 3.63) is 88.7 Å². The fraction of sp³-hybridized carbons (Fsp3) is 0.125. The molecule has 32 heavy (non-hydrogen) atoms. The Kier molecular flexibility index (Phi) is 5.83. The summed E-state index contributed by atoms with van der Waals surface area (Å²) in [6.45, 7) is 0. The van der Waals surface area contributed by atoms with E-state index in [4.69, 9.17) is 21.1 Å². The predicted molar refractivity (Wildman–Crippen MR) is 120 cm³/mol. The van der Waals surface area contributed by atoms with Gasteiger partial charge in [0.15, 0.2) is 0 Å². The average molecular weight is 451 g/mol. The van der Waals surface area contributed by atoms with Crippen LogP contribution in [-0.4, -0.2) is 36.0 Å². The second-order valence-electron chi connectivity index (χ2n) is 6.97. The van der Waals surface area contributed by atoms with Crippen LogP contribution in [0.25, 0.3) is 5.76 Å². The minimum atomic E-state index is -0.893. The number of methoxy groups -OCH3 is 2. The lowest BCUT2D eigenvalue weighted by atomic mass is 9.95. The van der Waals surface area contributed by atoms with Gasteiger partial charge in [-0.05, 0) is 48.0 Å². The summed E-state index contributed by atoms with van der Waals surface area (Å²) in [5, 5.41) is 11.4. The summed E-state index contributed by atoms with van der Waals surface area (Å²) in [7, 11) is 2.96. The van der Waals surface area contributed by atoms with E-state index in [0.717, 1.165) is 0 Å². The van der Waals surface area contributed by atoms with Crippen LogP contribution in [0.2, 0.25) is 5.02 Å². The highest BCUT2D eigenvalue weighted by molar-refractivity contribution is 6.52. The molecule has 3 aromatic rings. The van der Waals surface area contributed by atoms with Gasteiger partial charge in [0.05, 0.1) is 36.5 Å². The highest BCUT2D eigenvalue weighted by Crippen LogP contribution is 2.45. The van der Waals surface area contributed by atoms with Crippen LogP contribution in [-0.2, 0) is 9.59 Å². The number of Topliss-reactive ketones (excluding diaryl/α,β-unsaturated/α-hetero) is 1. The van der Waals surface area contributed by atoms with Crippen molar-refractivity contribution >= 4 is 34.7 Å². The molecular weight excluding hydrogens is 432 g/mol. The largest absolute Gasteiger partial charge is 0.507 e. The normalized spacial score (nSPS) is 17.5. The molecule has 0 saturated carbocycles. The van der Waals surface area contributed by atoms with Crippen LogP contribution in [0.4, 0.5) is 5.69 Å². The Morgan fingerprint density at radius 2 is 1.69 bits per heavy atom. The molecule has 1 atom stereocenters. The Labute approximate surface area is 189 Å². The Morgan fingerprint density at radius 1 is 1.00 bits per heavy atom. The summed E-state index contributed by atoms with van der Waals surface area (Å²) in [5.41, 5.74) is 1.23. The van der Waals surface area contributed by atoms with Crippen molar-refractivity contribution in [1.29, 1.82) is 0 Å². The molecule has 1 aromatic heterocycles. The molecule has 7 nitrogen and oxygen atoms in total. The Morgan fingerprint density at radius 3 is 2.34 bits per heavy atom. The molecule has 2 heterocycles. The van der Waals surface area contributed by atoms with Crippen molar-refractivity contribution in [3.63, 3.8) is 0 Å². The first kappa shape index (κ1) is 21.4. The number of aliphatic hydroxyl groups is 1. The van der Waals surface area contributed by atoms with Crippen LogP contribution in [0.3, 0.4) is 0 Å². The van der Waals surface area contributed by atoms with Gasteiger partial charge in [-0.25, -0.2) is 0 Å². The number of pyridine rings is 1. The number of hydrogen-bond acceptors (Lipinski definition) is 6. The van der Waals surface area contributed by atoms with Crippen molar-refractivity contribution in [2.75, 3.05) is 19.1 Å². The number of ether oxygens (including phenoxy) is 2. The van der Waals surface area contributed by atoms with E-state index in [9.17, 15) is 14.7 Å². The number of carbonyl (C=O) groups is 2. The number of anilines is 1. The van der Waals surface area contributed by atoms with Crippen molar-refractivity contribution < 1.29 is 24.2 Å². The van der Waals surface area contributed by atoms with Crippen LogP contribution in [0.1, 0.15) is 17.2 Å². The Balaban J connectivity index is 1.95. The van der Waals surface area contributed by atoms with Gasteiger partial charge in [0.2, 0.25) is 0 Å². The summed E-state index contributed by atoms with van der Waals surface area (Å²) < 4.78 is 10.6. The summed E-state index contributed by atoms with van der Waals surface area (Å²) in [5.74, 6) is -1.10. The molecule has 2 aromatic carbocycles. The van der Waals surface area contributed by atoms with Crippen LogP contribution < -0.4 is 14.4 Å². The molecule has 1 aliphatic heterocycles. The number of aliphatic hydroxyl groups excluding tert-OH is 1. The lowest BCUT2D eigenvalue weighted by Crippen LogP contribution is -2.29. The van der Waals surface area contributed by atoms with Gasteiger partial charge in [-0.2, -0.15) is 0 Å². The van der Waals surface area contributed by atoms with Crippen molar-refractivity contribution in [3.8, 4) is 11.5 Å². The van der Waals surface area contributed by atoms with Gasteiger partial charge in [-0.1, -0.05) is 23.7 Å². The summed E-state index contributed by atoms with van der Waals surface area (Å²) in [6.07, 6.45) is 3.11. The predicted octanol–water partition coefficient (Wildman–Crippen LogP) is 4.38. The second kappa shape index (κ2) is 8.72. The number of benzene rings is 2. The van der Waals surface area contributed by atoms with E-state index in [2.05, 4.69) is 4.98 Å². The number of para-hydroxylation sites is 2. The topological polar surface area (TPSA) is 89.0 Å². The standard InChI is InChI=1S/C24H19ClN2O5/c1-31-18-8-7-15(13-16(18)25)22(28)20-21(14-9-11-26-12-10-14)27(24(30)23(20)29)17-5-3-4-6-19(17)32-2/h3-13,21,28H,1-2H3/b22-20-. The molecule has 0 spiro atoms. The maximum Gasteiger partial charge on any atom is 0.300 e. The molecule has 1 aliphatic rings. The van der Waals surface area contributed by atoms with Gasteiger partial charge >= 0.3 is 0 Å². The number of nitrogens with zero attached hydrogens (tertiary/aromatic N) is 2. The lowest BCUT2D eigenvalue weighted by molar-refractivity contribution is -0.132. The molecular formula is C24H19ClN2O5. The van der Waals surface area contributed by atoms with E-state index >= 15 is 0 Å². The van der Waals surface area contributed by atoms with Gasteiger partial charge < -0.3 is 14.6 Å². The molecule has 8 heteroatoms. The number of amides is 1. The molecule has 0 radical (unpaired) electrons. The van der Waals surface area contributed by atoms with E-state index < -0.39 is 17.7 Å². The van der Waals surface area contributed by atoms with Crippen molar-refractivity contribution in [2.24, 2.45) is 0 Å². The smallest absolute Gasteiger partial charge is 0.300 e. The van der Waals surface area contributed by atoms with Crippen LogP contribution in [0, 0.1) is 0 Å². The first-order valence-corrected chi connectivity index (χ1v) is 10.0. The van der Waals surface area contributed by atoms with E-state index in [0.29, 0.717) is 22.7 Å². The zero-order valence-corrected chi connectivity index (χ0v) is 18.0. The third kappa shape index (κ3) is 3.56. The molecule has 162 valence electrons. The van der Waals surface area contributed by atoms with Crippen LogP contribution in [0.5, 0.6) is 11.5 Å². The minimum absolute atomic E-state index is 0.0617. The fourth-order valence-electron chi connectivity index (χ4n) is 3.74. The van der Waals surface area contributed by atoms with Gasteiger partial charge in [-0.15, -0.1) is 0 Å².